The van der Waals surface area contributed by atoms with Gasteiger partial charge in [-0.3, -0.25) is 0 Å². The van der Waals surface area contributed by atoms with E-state index in [4.69, 9.17) is 10.5 Å². The number of hydrogen-bond acceptors (Lipinski definition) is 3. The summed E-state index contributed by atoms with van der Waals surface area (Å²) in [4.78, 5) is 8.37. The molecular weight excluding hydrogens is 320 g/mol. The normalized spacial score (nSPS) is 11.2. The number of hydrogen-bond donors (Lipinski definition) is 2. The molecule has 6 heteroatoms. The van der Waals surface area contributed by atoms with Crippen molar-refractivity contribution >= 4 is 27.6 Å². The Morgan fingerprint density at radius 2 is 2.05 bits per heavy atom. The first kappa shape index (κ1) is 14.3. The first-order valence-corrected chi connectivity index (χ1v) is 6.78. The van der Waals surface area contributed by atoms with Crippen LogP contribution in [0.25, 0.3) is 0 Å². The van der Waals surface area contributed by atoms with E-state index < -0.39 is 0 Å². The van der Waals surface area contributed by atoms with Crippen molar-refractivity contribution in [3.63, 3.8) is 0 Å². The zero-order chi connectivity index (χ0) is 14.4. The first-order chi connectivity index (χ1) is 9.67. The number of nitrogens with two attached hydrogens (primary N) is 1. The summed E-state index contributed by atoms with van der Waals surface area (Å²) in [6, 6.07) is 11.4. The van der Waals surface area contributed by atoms with E-state index in [2.05, 4.69) is 31.2 Å². The Balaban J connectivity index is 1.94. The lowest BCUT2D eigenvalue weighted by molar-refractivity contribution is 0.414. The van der Waals surface area contributed by atoms with Crippen LogP contribution in [0.2, 0.25) is 0 Å². The summed E-state index contributed by atoms with van der Waals surface area (Å²) in [6.07, 6.45) is 1.68. The fourth-order valence-corrected chi connectivity index (χ4v) is 1.78. The monoisotopic (exact) mass is 334 g/mol. The molecule has 0 spiro atoms. The van der Waals surface area contributed by atoms with Crippen LogP contribution >= 0.6 is 15.9 Å². The molecule has 2 aromatic rings. The smallest absolute Gasteiger partial charge is 0.193 e. The van der Waals surface area contributed by atoms with Crippen molar-refractivity contribution in [3.05, 3.63) is 52.8 Å². The number of aliphatic imine (C=N–C) groups is 1. The van der Waals surface area contributed by atoms with Crippen LogP contribution in [0.3, 0.4) is 0 Å². The molecule has 0 aliphatic carbocycles. The third-order valence-electron chi connectivity index (χ3n) is 2.59. The van der Waals surface area contributed by atoms with Gasteiger partial charge in [0.25, 0.3) is 0 Å². The van der Waals surface area contributed by atoms with Crippen LogP contribution in [0.5, 0.6) is 5.75 Å². The second-order valence-corrected chi connectivity index (χ2v) is 4.86. The van der Waals surface area contributed by atoms with E-state index in [1.54, 1.807) is 13.3 Å². The van der Waals surface area contributed by atoms with Crippen LogP contribution in [0.4, 0.5) is 5.69 Å². The number of pyridine rings is 1. The fourth-order valence-electron chi connectivity index (χ4n) is 1.54. The molecule has 0 bridgehead atoms. The van der Waals surface area contributed by atoms with Crippen molar-refractivity contribution in [1.29, 1.82) is 0 Å². The fraction of sp³-hybridized carbons (Fsp3) is 0.143. The summed E-state index contributed by atoms with van der Waals surface area (Å²) in [5.74, 6) is 1.18. The molecule has 0 saturated carbocycles. The van der Waals surface area contributed by atoms with Gasteiger partial charge in [-0.1, -0.05) is 12.1 Å². The predicted molar refractivity (Wildman–Crippen MR) is 83.9 cm³/mol. The number of guanidine groups is 1. The topological polar surface area (TPSA) is 72.5 Å². The third kappa shape index (κ3) is 4.24. The highest BCUT2D eigenvalue weighted by molar-refractivity contribution is 9.10. The highest BCUT2D eigenvalue weighted by Gasteiger charge is 1.97. The van der Waals surface area contributed by atoms with Gasteiger partial charge in [0.15, 0.2) is 5.96 Å². The number of anilines is 1. The van der Waals surface area contributed by atoms with Crippen molar-refractivity contribution in [3.8, 4) is 5.75 Å². The standard InChI is InChI=1S/C14H15BrN4O/c1-20-12-5-2-10(3-6-12)8-18-14(16)19-11-4-7-13(15)17-9-11/h2-7,9H,8H2,1H3,(H3,16,18,19). The molecule has 104 valence electrons. The molecular formula is C14H15BrN4O. The molecule has 5 nitrogen and oxygen atoms in total. The zero-order valence-electron chi connectivity index (χ0n) is 11.0. The minimum absolute atomic E-state index is 0.352. The van der Waals surface area contributed by atoms with Crippen LogP contribution in [-0.2, 0) is 6.54 Å². The molecule has 1 aromatic heterocycles. The van der Waals surface area contributed by atoms with Gasteiger partial charge in [-0.25, -0.2) is 9.98 Å². The van der Waals surface area contributed by atoms with Gasteiger partial charge in [0, 0.05) is 0 Å². The molecule has 2 rings (SSSR count). The molecule has 0 fully saturated rings. The van der Waals surface area contributed by atoms with Crippen LogP contribution in [0.1, 0.15) is 5.56 Å². The molecule has 0 unspecified atom stereocenters. The summed E-state index contributed by atoms with van der Waals surface area (Å²) in [5, 5.41) is 2.98. The summed E-state index contributed by atoms with van der Waals surface area (Å²) < 4.78 is 5.87. The second kappa shape index (κ2) is 6.91. The number of nitrogens with one attached hydrogen (secondary N) is 1. The van der Waals surface area contributed by atoms with Crippen LogP contribution in [0.15, 0.2) is 52.2 Å². The maximum Gasteiger partial charge on any atom is 0.193 e. The summed E-state index contributed by atoms with van der Waals surface area (Å²) in [5.41, 5.74) is 7.68. The van der Waals surface area contributed by atoms with Crippen molar-refractivity contribution in [2.24, 2.45) is 10.7 Å². The Bertz CT molecular complexity index is 581. The number of rotatable bonds is 4. The Kier molecular flexibility index (Phi) is 4.95. The highest BCUT2D eigenvalue weighted by atomic mass is 79.9. The minimum Gasteiger partial charge on any atom is -0.497 e. The first-order valence-electron chi connectivity index (χ1n) is 5.99. The zero-order valence-corrected chi connectivity index (χ0v) is 12.6. The van der Waals surface area contributed by atoms with Crippen LogP contribution < -0.4 is 15.8 Å². The third-order valence-corrected chi connectivity index (χ3v) is 3.06. The van der Waals surface area contributed by atoms with Crippen molar-refractivity contribution in [1.82, 2.24) is 4.98 Å². The average Bonchev–Trinajstić information content (AvgIpc) is 2.48. The lowest BCUT2D eigenvalue weighted by Gasteiger charge is -2.05. The summed E-state index contributed by atoms with van der Waals surface area (Å²) in [7, 11) is 1.64. The molecule has 0 saturated heterocycles. The number of ether oxygens (including phenoxy) is 1. The van der Waals surface area contributed by atoms with Gasteiger partial charge in [-0.05, 0) is 45.8 Å². The Labute approximate surface area is 126 Å². The highest BCUT2D eigenvalue weighted by Crippen LogP contribution is 2.12. The van der Waals surface area contributed by atoms with E-state index in [9.17, 15) is 0 Å². The van der Waals surface area contributed by atoms with Crippen molar-refractivity contribution in [2.75, 3.05) is 12.4 Å². The molecule has 3 N–H and O–H groups in total. The molecule has 0 radical (unpaired) electrons. The van der Waals surface area contributed by atoms with E-state index in [1.165, 1.54) is 0 Å². The summed E-state index contributed by atoms with van der Waals surface area (Å²) in [6.45, 7) is 0.507. The Morgan fingerprint density at radius 3 is 2.65 bits per heavy atom. The van der Waals surface area contributed by atoms with Gasteiger partial charge in [-0.15, -0.1) is 0 Å². The average molecular weight is 335 g/mol. The van der Waals surface area contributed by atoms with E-state index in [0.29, 0.717) is 12.5 Å². The maximum absolute atomic E-state index is 5.82. The quantitative estimate of drug-likeness (QED) is 0.512. The predicted octanol–water partition coefficient (Wildman–Crippen LogP) is 2.78. The molecule has 1 heterocycles. The lowest BCUT2D eigenvalue weighted by Crippen LogP contribution is -2.22. The molecule has 0 atom stereocenters. The van der Waals surface area contributed by atoms with Crippen molar-refractivity contribution < 1.29 is 4.74 Å². The van der Waals surface area contributed by atoms with Gasteiger partial charge >= 0.3 is 0 Å². The van der Waals surface area contributed by atoms with Gasteiger partial charge in [0.05, 0.1) is 25.5 Å². The molecule has 0 amide bonds. The Morgan fingerprint density at radius 1 is 1.30 bits per heavy atom. The van der Waals surface area contributed by atoms with Gasteiger partial charge in [0.2, 0.25) is 0 Å². The largest absolute Gasteiger partial charge is 0.497 e. The number of halogens is 1. The minimum atomic E-state index is 0.352. The van der Waals surface area contributed by atoms with Crippen LogP contribution in [0, 0.1) is 0 Å². The molecule has 0 aliphatic rings. The Hall–Kier alpha value is -2.08. The van der Waals surface area contributed by atoms with Gasteiger partial charge < -0.3 is 15.8 Å². The number of aromatic nitrogens is 1. The summed E-state index contributed by atoms with van der Waals surface area (Å²) >= 11 is 3.27. The van der Waals surface area contributed by atoms with E-state index in [0.717, 1.165) is 21.6 Å². The maximum atomic E-state index is 5.82. The molecule has 20 heavy (non-hydrogen) atoms. The number of methoxy groups -OCH3 is 1. The second-order valence-electron chi connectivity index (χ2n) is 4.04. The van der Waals surface area contributed by atoms with E-state index in [-0.39, 0.29) is 0 Å². The van der Waals surface area contributed by atoms with Crippen molar-refractivity contribution in [2.45, 2.75) is 6.54 Å². The van der Waals surface area contributed by atoms with Gasteiger partial charge in [0.1, 0.15) is 10.4 Å². The SMILES string of the molecule is COc1ccc(CN=C(N)Nc2ccc(Br)nc2)cc1. The number of nitrogens with zero attached hydrogens (tertiary/aromatic N) is 2. The lowest BCUT2D eigenvalue weighted by atomic mass is 10.2. The van der Waals surface area contributed by atoms with E-state index >= 15 is 0 Å². The van der Waals surface area contributed by atoms with Gasteiger partial charge in [-0.2, -0.15) is 0 Å². The van der Waals surface area contributed by atoms with E-state index in [1.807, 2.05) is 36.4 Å². The molecule has 0 aliphatic heterocycles. The molecule has 1 aromatic carbocycles. The number of benzene rings is 1. The van der Waals surface area contributed by atoms with Crippen LogP contribution in [-0.4, -0.2) is 18.1 Å².